The number of carbonyl (C=O) groups excluding carboxylic acids is 2. The molecule has 9 atom stereocenters. The number of rotatable bonds is 3. The number of anilines is 1. The van der Waals surface area contributed by atoms with Gasteiger partial charge in [-0.1, -0.05) is 45.9 Å². The van der Waals surface area contributed by atoms with E-state index >= 15 is 0 Å². The number of carbonyl (C=O) groups is 2. The lowest BCUT2D eigenvalue weighted by Gasteiger charge is -2.36. The van der Waals surface area contributed by atoms with Crippen molar-refractivity contribution in [2.24, 2.45) is 28.8 Å². The monoisotopic (exact) mass is 780 g/mol. The molecule has 2 aromatic carbocycles. The van der Waals surface area contributed by atoms with E-state index in [4.69, 9.17) is 14.2 Å². The predicted molar refractivity (Wildman–Crippen MR) is 211 cm³/mol. The van der Waals surface area contributed by atoms with Crippen molar-refractivity contribution >= 4 is 34.4 Å². The van der Waals surface area contributed by atoms with Crippen molar-refractivity contribution in [3.63, 3.8) is 0 Å². The van der Waals surface area contributed by atoms with Gasteiger partial charge < -0.3 is 55.1 Å². The Kier molecular flexibility index (Phi) is 12.8. The summed E-state index contributed by atoms with van der Waals surface area (Å²) < 4.78 is 17.7. The highest BCUT2D eigenvalue weighted by atomic mass is 16.7. The number of Topliss-reactive ketones (excluding diaryl/α,β-unsaturated/α-hetero) is 1. The Balaban J connectivity index is 1.70. The number of hydrogen-bond donors (Lipinski definition) is 7. The number of nitrogens with one attached hydrogen (secondary N) is 1. The number of methoxy groups -OCH3 is 1. The lowest BCUT2D eigenvalue weighted by Crippen LogP contribution is -2.44. The van der Waals surface area contributed by atoms with Gasteiger partial charge in [0.15, 0.2) is 5.75 Å². The first kappa shape index (κ1) is 42.5. The molecular weight excluding hydrogens is 724 g/mol. The number of hydrazone groups is 1. The zero-order valence-corrected chi connectivity index (χ0v) is 33.5. The van der Waals surface area contributed by atoms with E-state index in [1.54, 1.807) is 44.9 Å². The topological polar surface area (TPSA) is 214 Å². The Morgan fingerprint density at radius 3 is 2.16 bits per heavy atom. The zero-order valence-electron chi connectivity index (χ0n) is 33.5. The molecule has 0 saturated carbocycles. The summed E-state index contributed by atoms with van der Waals surface area (Å²) >= 11 is 0. The fourth-order valence-electron chi connectivity index (χ4n) is 7.53. The SMILES string of the molecule is COC1C=CO[C@@]2(C)Oc3c(C)c(O)c4c(O)c(c(C=NN5CCN(C)CC5)c(O)c4c3C2=O)NC(=O)C(C)=CC=CC(C)C(O)C(C)C(O)C(C)C(O)C1C. The second kappa shape index (κ2) is 16.8. The van der Waals surface area contributed by atoms with Gasteiger partial charge in [-0.25, -0.2) is 0 Å². The van der Waals surface area contributed by atoms with Crippen molar-refractivity contribution in [3.05, 3.63) is 52.8 Å². The van der Waals surface area contributed by atoms with Crippen LogP contribution in [0, 0.1) is 30.6 Å². The van der Waals surface area contributed by atoms with Crippen molar-refractivity contribution < 1.29 is 54.4 Å². The number of aliphatic hydroxyl groups is 3. The van der Waals surface area contributed by atoms with Gasteiger partial charge in [0, 0.05) is 80.4 Å². The van der Waals surface area contributed by atoms with E-state index in [2.05, 4.69) is 15.3 Å². The van der Waals surface area contributed by atoms with Gasteiger partial charge in [0.25, 0.3) is 11.7 Å². The highest BCUT2D eigenvalue weighted by Crippen LogP contribution is 2.55. The first-order valence-corrected chi connectivity index (χ1v) is 18.9. The number of piperazine rings is 1. The lowest BCUT2D eigenvalue weighted by molar-refractivity contribution is -0.112. The molecule has 56 heavy (non-hydrogen) atoms. The van der Waals surface area contributed by atoms with Crippen LogP contribution >= 0.6 is 0 Å². The number of allylic oxidation sites excluding steroid dienone is 2. The van der Waals surface area contributed by atoms with Gasteiger partial charge in [0.1, 0.15) is 17.2 Å². The summed E-state index contributed by atoms with van der Waals surface area (Å²) in [5.74, 6) is -7.59. The summed E-state index contributed by atoms with van der Waals surface area (Å²) in [6, 6.07) is 0. The first-order valence-electron chi connectivity index (χ1n) is 18.9. The zero-order chi connectivity index (χ0) is 41.4. The van der Waals surface area contributed by atoms with E-state index in [-0.39, 0.29) is 44.5 Å². The smallest absolute Gasteiger partial charge is 0.312 e. The molecule has 0 spiro atoms. The molecule has 8 unspecified atom stereocenters. The lowest BCUT2D eigenvalue weighted by atomic mass is 9.78. The van der Waals surface area contributed by atoms with Gasteiger partial charge in [-0.05, 0) is 27.0 Å². The molecule has 6 rings (SSSR count). The summed E-state index contributed by atoms with van der Waals surface area (Å²) in [7, 11) is 3.43. The van der Waals surface area contributed by atoms with Gasteiger partial charge in [-0.3, -0.25) is 14.6 Å². The molecule has 4 heterocycles. The maximum Gasteiger partial charge on any atom is 0.312 e. The maximum atomic E-state index is 14.3. The summed E-state index contributed by atoms with van der Waals surface area (Å²) in [5, 5.41) is 77.6. The number of ether oxygens (including phenoxy) is 3. The van der Waals surface area contributed by atoms with Crippen LogP contribution in [0.5, 0.6) is 23.0 Å². The highest BCUT2D eigenvalue weighted by Gasteiger charge is 2.50. The van der Waals surface area contributed by atoms with Gasteiger partial charge in [0.05, 0.1) is 59.1 Å². The number of fused-ring (bicyclic) bond motifs is 14. The van der Waals surface area contributed by atoms with Crippen molar-refractivity contribution in [1.82, 2.24) is 9.91 Å². The minimum Gasteiger partial charge on any atom is -0.507 e. The van der Waals surface area contributed by atoms with Crippen molar-refractivity contribution in [1.29, 1.82) is 0 Å². The van der Waals surface area contributed by atoms with Gasteiger partial charge in [-0.2, -0.15) is 5.10 Å². The number of aliphatic hydroxyl groups excluding tert-OH is 3. The van der Waals surface area contributed by atoms with Crippen LogP contribution in [0.4, 0.5) is 5.69 Å². The van der Waals surface area contributed by atoms with E-state index < -0.39 is 82.8 Å². The number of aromatic hydroxyl groups is 3. The largest absolute Gasteiger partial charge is 0.507 e. The summed E-state index contributed by atoms with van der Waals surface area (Å²) in [5.41, 5.74) is -0.290. The molecule has 0 aliphatic carbocycles. The van der Waals surface area contributed by atoms with E-state index in [0.29, 0.717) is 13.1 Å². The Labute approximate surface area is 327 Å². The molecule has 7 N–H and O–H groups in total. The first-order chi connectivity index (χ1) is 26.3. The van der Waals surface area contributed by atoms with Crippen LogP contribution in [-0.4, -0.2) is 129 Å². The van der Waals surface area contributed by atoms with E-state index in [9.17, 15) is 40.2 Å². The Bertz CT molecular complexity index is 1950. The van der Waals surface area contributed by atoms with Crippen LogP contribution in [-0.2, 0) is 14.3 Å². The second-order valence-electron chi connectivity index (χ2n) is 15.5. The molecular formula is C41H56N4O11. The van der Waals surface area contributed by atoms with Gasteiger partial charge in [-0.15, -0.1) is 0 Å². The average Bonchev–Trinajstić information content (AvgIpc) is 3.44. The molecule has 4 aliphatic heterocycles. The van der Waals surface area contributed by atoms with Crippen LogP contribution in [0.25, 0.3) is 10.8 Å². The van der Waals surface area contributed by atoms with E-state index in [1.807, 2.05) is 7.05 Å². The molecule has 5 bridgehead atoms. The molecule has 1 saturated heterocycles. The van der Waals surface area contributed by atoms with Crippen LogP contribution in [0.1, 0.15) is 63.0 Å². The van der Waals surface area contributed by atoms with Crippen LogP contribution in [0.15, 0.2) is 41.2 Å². The molecule has 306 valence electrons. The highest BCUT2D eigenvalue weighted by molar-refractivity contribution is 6.23. The van der Waals surface area contributed by atoms with Gasteiger partial charge in [0.2, 0.25) is 0 Å². The number of amides is 1. The molecule has 2 aromatic rings. The number of ketones is 1. The van der Waals surface area contributed by atoms with Crippen molar-refractivity contribution in [2.45, 2.75) is 78.7 Å². The molecule has 4 aliphatic rings. The Hall–Kier alpha value is -4.67. The number of phenolic OH excluding ortho intramolecular Hbond substituents is 3. The third-order valence-corrected chi connectivity index (χ3v) is 11.6. The minimum atomic E-state index is -2.01. The number of likely N-dealkylation sites (N-methyl/N-ethyl adjacent to an activating group) is 1. The molecule has 15 nitrogen and oxygen atoms in total. The van der Waals surface area contributed by atoms with E-state index in [1.165, 1.54) is 52.5 Å². The maximum absolute atomic E-state index is 14.3. The molecule has 1 amide bonds. The Morgan fingerprint density at radius 2 is 1.52 bits per heavy atom. The third kappa shape index (κ3) is 7.96. The average molecular weight is 781 g/mol. The van der Waals surface area contributed by atoms with Crippen molar-refractivity contribution in [3.8, 4) is 23.0 Å². The Morgan fingerprint density at radius 1 is 0.893 bits per heavy atom. The van der Waals surface area contributed by atoms with Crippen LogP contribution in [0.2, 0.25) is 0 Å². The fraction of sp³-hybridized carbons (Fsp3) is 0.537. The second-order valence-corrected chi connectivity index (χ2v) is 15.5. The third-order valence-electron chi connectivity index (χ3n) is 11.6. The molecule has 15 heteroatoms. The molecule has 0 aromatic heterocycles. The number of hydrogen-bond acceptors (Lipinski definition) is 14. The molecule has 0 radical (unpaired) electrons. The van der Waals surface area contributed by atoms with E-state index in [0.717, 1.165) is 13.1 Å². The van der Waals surface area contributed by atoms with Crippen LogP contribution < -0.4 is 10.1 Å². The van der Waals surface area contributed by atoms with Crippen molar-refractivity contribution in [2.75, 3.05) is 45.7 Å². The van der Waals surface area contributed by atoms with Crippen LogP contribution in [0.3, 0.4) is 0 Å². The minimum absolute atomic E-state index is 0.0688. The number of benzene rings is 2. The normalized spacial score (nSPS) is 31.2. The number of nitrogens with zero attached hydrogens (tertiary/aromatic N) is 3. The molecule has 1 fully saturated rings. The fourth-order valence-corrected chi connectivity index (χ4v) is 7.53. The standard InChI is InChI=1S/C41H56N4O11/c1-20-11-10-12-21(2)40(53)43-31-26(19-42-45-16-14-44(8)15-17-45)36(50)28-29(37(31)51)35(49)25(6)38-30(28)39(52)41(7,56-38)55-18-13-27(54-9)22(3)33(47)24(5)34(48)23(4)32(20)46/h10-13,18-20,22-24,27,32-34,46-51H,14-17H2,1-9H3,(H,43,53)/t20?,22?,23?,24?,27?,32?,33?,34?,41-/m0/s1. The summed E-state index contributed by atoms with van der Waals surface area (Å²) in [6.07, 6.45) is 4.79. The quantitative estimate of drug-likeness (QED) is 0.134. The summed E-state index contributed by atoms with van der Waals surface area (Å²) in [4.78, 5) is 30.1. The van der Waals surface area contributed by atoms with Gasteiger partial charge >= 0.3 is 5.79 Å². The predicted octanol–water partition coefficient (Wildman–Crippen LogP) is 3.76. The summed E-state index contributed by atoms with van der Waals surface area (Å²) in [6.45, 7) is 13.8. The number of phenols is 3.